The Morgan fingerprint density at radius 1 is 1.35 bits per heavy atom. The predicted molar refractivity (Wildman–Crippen MR) is 82.8 cm³/mol. The van der Waals surface area contributed by atoms with Gasteiger partial charge in [-0.25, -0.2) is 4.79 Å². The number of urea groups is 1. The Kier molecular flexibility index (Phi) is 5.89. The summed E-state index contributed by atoms with van der Waals surface area (Å²) in [5.74, 6) is 0. The van der Waals surface area contributed by atoms with Crippen molar-refractivity contribution in [1.82, 2.24) is 15.1 Å². The first-order chi connectivity index (χ1) is 9.66. The van der Waals surface area contributed by atoms with Crippen LogP contribution in [0.4, 0.5) is 4.79 Å². The third-order valence-corrected chi connectivity index (χ3v) is 4.41. The van der Waals surface area contributed by atoms with Gasteiger partial charge in [0.15, 0.2) is 0 Å². The number of rotatable bonds is 4. The molecule has 1 aliphatic carbocycles. The molecule has 0 atom stereocenters. The summed E-state index contributed by atoms with van der Waals surface area (Å²) in [5, 5.41) is 3.67. The summed E-state index contributed by atoms with van der Waals surface area (Å²) in [6.07, 6.45) is 11.1. The van der Waals surface area contributed by atoms with E-state index in [1.54, 1.807) is 10.5 Å². The Bertz CT molecular complexity index is 344. The zero-order valence-corrected chi connectivity index (χ0v) is 13.0. The second-order valence-electron chi connectivity index (χ2n) is 6.25. The summed E-state index contributed by atoms with van der Waals surface area (Å²) in [6.45, 7) is 2.87. The van der Waals surface area contributed by atoms with Crippen LogP contribution in [0.15, 0.2) is 11.6 Å². The van der Waals surface area contributed by atoms with E-state index in [1.165, 1.54) is 32.1 Å². The lowest BCUT2D eigenvalue weighted by atomic mass is 9.97. The van der Waals surface area contributed by atoms with Gasteiger partial charge in [0.25, 0.3) is 0 Å². The van der Waals surface area contributed by atoms with Crippen LogP contribution in [0.2, 0.25) is 0 Å². The molecule has 2 rings (SSSR count). The first kappa shape index (κ1) is 15.4. The molecular formula is C16H29N3O. The van der Waals surface area contributed by atoms with Crippen molar-refractivity contribution < 1.29 is 4.79 Å². The van der Waals surface area contributed by atoms with E-state index in [0.29, 0.717) is 6.04 Å². The van der Waals surface area contributed by atoms with Gasteiger partial charge < -0.3 is 15.1 Å². The van der Waals surface area contributed by atoms with E-state index in [2.05, 4.69) is 11.4 Å². The van der Waals surface area contributed by atoms with Gasteiger partial charge in [-0.15, -0.1) is 0 Å². The highest BCUT2D eigenvalue weighted by Crippen LogP contribution is 2.19. The third-order valence-electron chi connectivity index (χ3n) is 4.41. The minimum atomic E-state index is 0.149. The van der Waals surface area contributed by atoms with Crippen LogP contribution < -0.4 is 5.32 Å². The van der Waals surface area contributed by atoms with Crippen molar-refractivity contribution in [3.8, 4) is 0 Å². The summed E-state index contributed by atoms with van der Waals surface area (Å²) >= 11 is 0. The Morgan fingerprint density at radius 3 is 2.70 bits per heavy atom. The Morgan fingerprint density at radius 2 is 2.10 bits per heavy atom. The molecule has 1 aliphatic heterocycles. The van der Waals surface area contributed by atoms with Crippen LogP contribution in [0.1, 0.15) is 44.9 Å². The zero-order valence-electron chi connectivity index (χ0n) is 13.0. The van der Waals surface area contributed by atoms with E-state index in [0.717, 1.165) is 32.5 Å². The maximum atomic E-state index is 11.8. The van der Waals surface area contributed by atoms with Gasteiger partial charge in [0.1, 0.15) is 0 Å². The molecule has 0 aromatic rings. The van der Waals surface area contributed by atoms with Gasteiger partial charge in [-0.1, -0.05) is 11.6 Å². The predicted octanol–water partition coefficient (Wildman–Crippen LogP) is 2.61. The number of carbonyl (C=O) groups excluding carboxylic acids is 1. The van der Waals surface area contributed by atoms with E-state index in [1.807, 2.05) is 19.0 Å². The number of allylic oxidation sites excluding steroid dienone is 1. The van der Waals surface area contributed by atoms with Crippen molar-refractivity contribution in [2.75, 3.05) is 33.7 Å². The van der Waals surface area contributed by atoms with E-state index in [4.69, 9.17) is 0 Å². The molecule has 1 saturated heterocycles. The summed E-state index contributed by atoms with van der Waals surface area (Å²) in [6, 6.07) is 0.737. The highest BCUT2D eigenvalue weighted by molar-refractivity contribution is 5.73. The zero-order chi connectivity index (χ0) is 14.4. The maximum absolute atomic E-state index is 11.8. The molecule has 20 heavy (non-hydrogen) atoms. The minimum Gasteiger partial charge on any atom is -0.331 e. The molecule has 0 unspecified atom stereocenters. The summed E-state index contributed by atoms with van der Waals surface area (Å²) in [7, 11) is 3.65. The van der Waals surface area contributed by atoms with E-state index in [9.17, 15) is 4.79 Å². The second kappa shape index (κ2) is 7.67. The first-order valence-electron chi connectivity index (χ1n) is 8.04. The van der Waals surface area contributed by atoms with Gasteiger partial charge >= 0.3 is 6.03 Å². The average Bonchev–Trinajstić information content (AvgIpc) is 2.48. The average molecular weight is 279 g/mol. The Labute approximate surface area is 123 Å². The molecule has 114 valence electrons. The van der Waals surface area contributed by atoms with Gasteiger partial charge in [-0.05, 0) is 51.5 Å². The second-order valence-corrected chi connectivity index (χ2v) is 6.25. The number of nitrogens with one attached hydrogen (secondary N) is 1. The van der Waals surface area contributed by atoms with Gasteiger partial charge in [0.2, 0.25) is 0 Å². The van der Waals surface area contributed by atoms with Gasteiger partial charge in [-0.3, -0.25) is 0 Å². The third kappa shape index (κ3) is 4.51. The largest absolute Gasteiger partial charge is 0.331 e. The number of nitrogens with zero attached hydrogens (tertiary/aromatic N) is 2. The van der Waals surface area contributed by atoms with Crippen LogP contribution in [-0.2, 0) is 0 Å². The summed E-state index contributed by atoms with van der Waals surface area (Å²) < 4.78 is 0. The quantitative estimate of drug-likeness (QED) is 0.803. The molecule has 0 radical (unpaired) electrons. The van der Waals surface area contributed by atoms with Gasteiger partial charge in [-0.2, -0.15) is 0 Å². The first-order valence-corrected chi connectivity index (χ1v) is 8.04. The fourth-order valence-electron chi connectivity index (χ4n) is 3.13. The van der Waals surface area contributed by atoms with Crippen molar-refractivity contribution in [2.24, 2.45) is 0 Å². The number of likely N-dealkylation sites (tertiary alicyclic amines) is 1. The Balaban J connectivity index is 1.62. The standard InChI is InChI=1S/C16H29N3O/c1-18(2)16(20)19-12-9-15(10-13-19)17-11-8-14-6-4-3-5-7-14/h6,15,17H,3-5,7-13H2,1-2H3. The highest BCUT2D eigenvalue weighted by atomic mass is 16.2. The molecule has 2 aliphatic rings. The molecule has 2 amide bonds. The van der Waals surface area contributed by atoms with Crippen LogP contribution in [0.5, 0.6) is 0 Å². The lowest BCUT2D eigenvalue weighted by molar-refractivity contribution is 0.152. The molecule has 0 spiro atoms. The van der Waals surface area contributed by atoms with E-state index < -0.39 is 0 Å². The van der Waals surface area contributed by atoms with Crippen LogP contribution in [-0.4, -0.2) is 55.6 Å². The molecular weight excluding hydrogens is 250 g/mol. The van der Waals surface area contributed by atoms with Crippen molar-refractivity contribution in [1.29, 1.82) is 0 Å². The topological polar surface area (TPSA) is 35.6 Å². The summed E-state index contributed by atoms with van der Waals surface area (Å²) in [5.41, 5.74) is 1.64. The number of amides is 2. The maximum Gasteiger partial charge on any atom is 0.319 e. The normalized spacial score (nSPS) is 20.7. The van der Waals surface area contributed by atoms with Crippen molar-refractivity contribution in [3.05, 3.63) is 11.6 Å². The SMILES string of the molecule is CN(C)C(=O)N1CCC(NCCC2=CCCCC2)CC1. The Hall–Kier alpha value is -1.03. The molecule has 4 nitrogen and oxygen atoms in total. The molecule has 0 bridgehead atoms. The molecule has 1 N–H and O–H groups in total. The van der Waals surface area contributed by atoms with Crippen LogP contribution in [0, 0.1) is 0 Å². The molecule has 1 heterocycles. The number of carbonyl (C=O) groups is 1. The highest BCUT2D eigenvalue weighted by Gasteiger charge is 2.23. The molecule has 4 heteroatoms. The minimum absolute atomic E-state index is 0.149. The van der Waals surface area contributed by atoms with E-state index in [-0.39, 0.29) is 6.03 Å². The number of hydrogen-bond donors (Lipinski definition) is 1. The molecule has 0 saturated carbocycles. The van der Waals surface area contributed by atoms with Crippen LogP contribution in [0.25, 0.3) is 0 Å². The number of piperidine rings is 1. The lowest BCUT2D eigenvalue weighted by Crippen LogP contribution is -2.48. The van der Waals surface area contributed by atoms with Crippen molar-refractivity contribution in [2.45, 2.75) is 51.0 Å². The lowest BCUT2D eigenvalue weighted by Gasteiger charge is -2.34. The molecule has 1 fully saturated rings. The monoisotopic (exact) mass is 279 g/mol. The van der Waals surface area contributed by atoms with Gasteiger partial charge in [0, 0.05) is 33.2 Å². The van der Waals surface area contributed by atoms with Crippen LogP contribution >= 0.6 is 0 Å². The smallest absolute Gasteiger partial charge is 0.319 e. The number of hydrogen-bond acceptors (Lipinski definition) is 2. The summed E-state index contributed by atoms with van der Waals surface area (Å²) in [4.78, 5) is 15.5. The van der Waals surface area contributed by atoms with Gasteiger partial charge in [0.05, 0.1) is 0 Å². The van der Waals surface area contributed by atoms with Crippen LogP contribution in [0.3, 0.4) is 0 Å². The van der Waals surface area contributed by atoms with E-state index >= 15 is 0 Å². The fraction of sp³-hybridized carbons (Fsp3) is 0.812. The van der Waals surface area contributed by atoms with Crippen molar-refractivity contribution in [3.63, 3.8) is 0 Å². The molecule has 0 aromatic heterocycles. The fourth-order valence-corrected chi connectivity index (χ4v) is 3.13. The van der Waals surface area contributed by atoms with Crippen molar-refractivity contribution >= 4 is 6.03 Å². The molecule has 0 aromatic carbocycles.